The summed E-state index contributed by atoms with van der Waals surface area (Å²) in [5.41, 5.74) is 2.81. The lowest BCUT2D eigenvalue weighted by Gasteiger charge is -2.10. The summed E-state index contributed by atoms with van der Waals surface area (Å²) >= 11 is 0. The fourth-order valence-electron chi connectivity index (χ4n) is 3.66. The number of aromatic nitrogens is 4. The number of nitrogens with zero attached hydrogens (tertiary/aromatic N) is 4. The minimum Gasteiger partial charge on any atom is -0.267 e. The standard InChI is InChI=1S/C24H17FN4O/c25-19-12-18(13-26-15-19)21-6-3-5-17-14-27-29(24(30)23(17)21)11-10-20-9-8-16-4-1-2-7-22(16)28-20/h1-9,12-15H,10-11H2. The summed E-state index contributed by atoms with van der Waals surface area (Å²) in [4.78, 5) is 21.8. The Bertz CT molecular complexity index is 1440. The molecule has 3 aromatic heterocycles. The topological polar surface area (TPSA) is 60.7 Å². The van der Waals surface area contributed by atoms with Crippen LogP contribution in [0.2, 0.25) is 0 Å². The first kappa shape index (κ1) is 18.1. The molecule has 0 amide bonds. The third-order valence-electron chi connectivity index (χ3n) is 5.13. The molecule has 0 aliphatic heterocycles. The van der Waals surface area contributed by atoms with E-state index in [1.54, 1.807) is 18.5 Å². The van der Waals surface area contributed by atoms with Gasteiger partial charge in [0.15, 0.2) is 0 Å². The van der Waals surface area contributed by atoms with E-state index in [9.17, 15) is 9.18 Å². The number of hydrogen-bond donors (Lipinski definition) is 0. The average Bonchev–Trinajstić information content (AvgIpc) is 2.78. The highest BCUT2D eigenvalue weighted by atomic mass is 19.1. The van der Waals surface area contributed by atoms with Crippen LogP contribution in [-0.4, -0.2) is 19.7 Å². The van der Waals surface area contributed by atoms with Crippen LogP contribution < -0.4 is 5.56 Å². The van der Waals surface area contributed by atoms with Crippen molar-refractivity contribution in [2.45, 2.75) is 13.0 Å². The van der Waals surface area contributed by atoms with Crippen LogP contribution in [0, 0.1) is 5.82 Å². The predicted octanol–water partition coefficient (Wildman–Crippen LogP) is 4.39. The van der Waals surface area contributed by atoms with E-state index in [2.05, 4.69) is 15.1 Å². The maximum Gasteiger partial charge on any atom is 0.275 e. The summed E-state index contributed by atoms with van der Waals surface area (Å²) in [5.74, 6) is -0.443. The second kappa shape index (κ2) is 7.48. The van der Waals surface area contributed by atoms with Gasteiger partial charge in [0.2, 0.25) is 0 Å². The molecule has 0 aliphatic carbocycles. The molecule has 0 spiro atoms. The molecule has 0 saturated heterocycles. The average molecular weight is 396 g/mol. The highest BCUT2D eigenvalue weighted by Gasteiger charge is 2.12. The molecule has 0 unspecified atom stereocenters. The molecule has 0 aliphatic rings. The molecule has 2 aromatic carbocycles. The van der Waals surface area contributed by atoms with Crippen molar-refractivity contribution in [1.82, 2.24) is 19.7 Å². The highest BCUT2D eigenvalue weighted by molar-refractivity contribution is 5.95. The Kier molecular flexibility index (Phi) is 4.52. The third-order valence-corrected chi connectivity index (χ3v) is 5.13. The number of benzene rings is 2. The van der Waals surface area contributed by atoms with E-state index in [1.165, 1.54) is 10.7 Å². The zero-order valence-electron chi connectivity index (χ0n) is 16.0. The smallest absolute Gasteiger partial charge is 0.267 e. The highest BCUT2D eigenvalue weighted by Crippen LogP contribution is 2.25. The quantitative estimate of drug-likeness (QED) is 0.452. The van der Waals surface area contributed by atoms with Gasteiger partial charge < -0.3 is 0 Å². The Morgan fingerprint density at radius 3 is 2.67 bits per heavy atom. The molecule has 6 heteroatoms. The number of aryl methyl sites for hydroxylation is 2. The van der Waals surface area contributed by atoms with Crippen molar-refractivity contribution in [3.8, 4) is 11.1 Å². The van der Waals surface area contributed by atoms with Crippen LogP contribution in [0.5, 0.6) is 0 Å². The summed E-state index contributed by atoms with van der Waals surface area (Å²) in [7, 11) is 0. The summed E-state index contributed by atoms with van der Waals surface area (Å²) in [6, 6.07) is 18.8. The van der Waals surface area contributed by atoms with E-state index in [1.807, 2.05) is 48.5 Å². The van der Waals surface area contributed by atoms with Gasteiger partial charge in [0.1, 0.15) is 5.82 Å². The summed E-state index contributed by atoms with van der Waals surface area (Å²) < 4.78 is 15.1. The molecule has 30 heavy (non-hydrogen) atoms. The molecule has 146 valence electrons. The molecule has 0 N–H and O–H groups in total. The van der Waals surface area contributed by atoms with Crippen molar-refractivity contribution in [3.63, 3.8) is 0 Å². The van der Waals surface area contributed by atoms with E-state index in [-0.39, 0.29) is 5.56 Å². The van der Waals surface area contributed by atoms with Crippen LogP contribution in [-0.2, 0) is 13.0 Å². The molecule has 0 fully saturated rings. The van der Waals surface area contributed by atoms with Crippen molar-refractivity contribution in [2.24, 2.45) is 0 Å². The summed E-state index contributed by atoms with van der Waals surface area (Å²) in [6.45, 7) is 0.399. The van der Waals surface area contributed by atoms with Gasteiger partial charge in [-0.2, -0.15) is 5.10 Å². The first-order valence-corrected chi connectivity index (χ1v) is 9.63. The molecule has 5 rings (SSSR count). The molecule has 0 bridgehead atoms. The molecular formula is C24H17FN4O. The third kappa shape index (κ3) is 3.33. The predicted molar refractivity (Wildman–Crippen MR) is 115 cm³/mol. The molecule has 5 aromatic rings. The van der Waals surface area contributed by atoms with Gasteiger partial charge in [0.05, 0.1) is 29.8 Å². The van der Waals surface area contributed by atoms with Gasteiger partial charge in [-0.15, -0.1) is 0 Å². The van der Waals surface area contributed by atoms with Crippen LogP contribution in [0.3, 0.4) is 0 Å². The number of fused-ring (bicyclic) bond motifs is 2. The van der Waals surface area contributed by atoms with Gasteiger partial charge in [0.25, 0.3) is 5.56 Å². The van der Waals surface area contributed by atoms with Crippen LogP contribution in [0.15, 0.2) is 84.0 Å². The number of hydrogen-bond acceptors (Lipinski definition) is 4. The fourth-order valence-corrected chi connectivity index (χ4v) is 3.66. The van der Waals surface area contributed by atoms with E-state index in [0.29, 0.717) is 34.9 Å². The van der Waals surface area contributed by atoms with Gasteiger partial charge in [-0.25, -0.2) is 9.07 Å². The second-order valence-electron chi connectivity index (χ2n) is 7.08. The molecular weight excluding hydrogens is 379 g/mol. The maximum absolute atomic E-state index is 13.7. The largest absolute Gasteiger partial charge is 0.275 e. The van der Waals surface area contributed by atoms with Gasteiger partial charge in [-0.05, 0) is 23.8 Å². The minimum atomic E-state index is -0.443. The Balaban J connectivity index is 1.52. The SMILES string of the molecule is O=c1c2c(-c3cncc(F)c3)cccc2cnn1CCc1ccc2ccccc2n1. The lowest BCUT2D eigenvalue weighted by Crippen LogP contribution is -2.24. The Morgan fingerprint density at radius 1 is 0.900 bits per heavy atom. The van der Waals surface area contributed by atoms with Crippen LogP contribution >= 0.6 is 0 Å². The first-order valence-electron chi connectivity index (χ1n) is 9.63. The van der Waals surface area contributed by atoms with Crippen molar-refractivity contribution < 1.29 is 4.39 Å². The van der Waals surface area contributed by atoms with Gasteiger partial charge in [0, 0.05) is 34.6 Å². The lowest BCUT2D eigenvalue weighted by molar-refractivity contribution is 0.580. The first-order chi connectivity index (χ1) is 14.7. The molecule has 0 saturated carbocycles. The monoisotopic (exact) mass is 396 g/mol. The number of rotatable bonds is 4. The Labute approximate surface area is 171 Å². The van der Waals surface area contributed by atoms with E-state index in [4.69, 9.17) is 0 Å². The normalized spacial score (nSPS) is 11.2. The zero-order chi connectivity index (χ0) is 20.5. The van der Waals surface area contributed by atoms with Crippen molar-refractivity contribution in [2.75, 3.05) is 0 Å². The number of pyridine rings is 2. The van der Waals surface area contributed by atoms with E-state index < -0.39 is 5.82 Å². The lowest BCUT2D eigenvalue weighted by atomic mass is 10.0. The summed E-state index contributed by atoms with van der Waals surface area (Å²) in [6.07, 6.45) is 4.94. The van der Waals surface area contributed by atoms with Crippen LogP contribution in [0.1, 0.15) is 5.69 Å². The Morgan fingerprint density at radius 2 is 1.77 bits per heavy atom. The molecule has 0 radical (unpaired) electrons. The number of para-hydroxylation sites is 1. The van der Waals surface area contributed by atoms with Gasteiger partial charge >= 0.3 is 0 Å². The van der Waals surface area contributed by atoms with Crippen LogP contribution in [0.25, 0.3) is 32.8 Å². The van der Waals surface area contributed by atoms with E-state index in [0.717, 1.165) is 22.8 Å². The number of halogens is 1. The fraction of sp³-hybridized carbons (Fsp3) is 0.0833. The van der Waals surface area contributed by atoms with Crippen molar-refractivity contribution >= 4 is 21.7 Å². The van der Waals surface area contributed by atoms with E-state index >= 15 is 0 Å². The second-order valence-corrected chi connectivity index (χ2v) is 7.08. The van der Waals surface area contributed by atoms with Gasteiger partial charge in [-0.1, -0.05) is 42.5 Å². The maximum atomic E-state index is 13.7. The van der Waals surface area contributed by atoms with Crippen molar-refractivity contribution in [3.05, 3.63) is 101 Å². The molecule has 3 heterocycles. The van der Waals surface area contributed by atoms with Gasteiger partial charge in [-0.3, -0.25) is 14.8 Å². The molecule has 0 atom stereocenters. The minimum absolute atomic E-state index is 0.215. The Hall–Kier alpha value is -3.93. The summed E-state index contributed by atoms with van der Waals surface area (Å²) in [5, 5.41) is 6.62. The molecule has 5 nitrogen and oxygen atoms in total. The zero-order valence-corrected chi connectivity index (χ0v) is 16.0. The van der Waals surface area contributed by atoms with Crippen molar-refractivity contribution in [1.29, 1.82) is 0 Å². The van der Waals surface area contributed by atoms with Crippen LogP contribution in [0.4, 0.5) is 4.39 Å².